The fourth-order valence-electron chi connectivity index (χ4n) is 2.75. The lowest BCUT2D eigenvalue weighted by Crippen LogP contribution is -2.35. The summed E-state index contributed by atoms with van der Waals surface area (Å²) in [6, 6.07) is 9.25. The van der Waals surface area contributed by atoms with Crippen LogP contribution in [0.15, 0.2) is 36.4 Å². The lowest BCUT2D eigenvalue weighted by Gasteiger charge is -2.25. The number of aromatic carboxylic acids is 1. The normalized spacial score (nSPS) is 14.1. The van der Waals surface area contributed by atoms with Crippen LogP contribution in [0.3, 0.4) is 0 Å². The van der Waals surface area contributed by atoms with Crippen LogP contribution in [0.2, 0.25) is 0 Å². The number of carboxylic acids is 1. The molecule has 1 unspecified atom stereocenters. The van der Waals surface area contributed by atoms with E-state index in [1.807, 2.05) is 6.92 Å². The Bertz CT molecular complexity index is 896. The molecule has 1 N–H and O–H groups in total. The Kier molecular flexibility index (Phi) is 5.70. The van der Waals surface area contributed by atoms with E-state index in [0.717, 1.165) is 0 Å². The summed E-state index contributed by atoms with van der Waals surface area (Å²) in [7, 11) is 3.21. The third-order valence-corrected chi connectivity index (χ3v) is 4.05. The van der Waals surface area contributed by atoms with E-state index in [0.29, 0.717) is 35.2 Å². The predicted octanol–water partition coefficient (Wildman–Crippen LogP) is 3.01. The van der Waals surface area contributed by atoms with Crippen molar-refractivity contribution in [3.8, 4) is 23.0 Å². The van der Waals surface area contributed by atoms with Gasteiger partial charge >= 0.3 is 5.97 Å². The van der Waals surface area contributed by atoms with Gasteiger partial charge in [0.25, 0.3) is 5.91 Å². The van der Waals surface area contributed by atoms with Crippen LogP contribution in [0.4, 0.5) is 0 Å². The van der Waals surface area contributed by atoms with E-state index in [9.17, 15) is 14.7 Å². The highest BCUT2D eigenvalue weighted by Gasteiger charge is 2.23. The lowest BCUT2D eigenvalue weighted by atomic mass is 10.1. The van der Waals surface area contributed by atoms with Crippen molar-refractivity contribution < 1.29 is 33.6 Å². The van der Waals surface area contributed by atoms with Gasteiger partial charge in [0.1, 0.15) is 29.1 Å². The molecule has 1 amide bonds. The maximum absolute atomic E-state index is 12.1. The highest BCUT2D eigenvalue weighted by molar-refractivity contribution is 5.97. The zero-order chi connectivity index (χ0) is 20.3. The lowest BCUT2D eigenvalue weighted by molar-refractivity contribution is 0.0594. The van der Waals surface area contributed by atoms with Gasteiger partial charge in [-0.1, -0.05) is 0 Å². The minimum atomic E-state index is -1.10. The second-order valence-corrected chi connectivity index (χ2v) is 6.42. The van der Waals surface area contributed by atoms with Crippen molar-refractivity contribution in [3.05, 3.63) is 47.5 Å². The maximum Gasteiger partial charge on any atom is 0.335 e. The second-order valence-electron chi connectivity index (χ2n) is 6.42. The molecular formula is C20H21NO7. The number of nitrogens with zero attached hydrogens (tertiary/aromatic N) is 1. The summed E-state index contributed by atoms with van der Waals surface area (Å²) in [6.07, 6.45) is -0.262. The summed E-state index contributed by atoms with van der Waals surface area (Å²) < 4.78 is 22.1. The molecule has 0 radical (unpaired) electrons. The van der Waals surface area contributed by atoms with Crippen molar-refractivity contribution in [3.63, 3.8) is 0 Å². The fraction of sp³-hybridized carbons (Fsp3) is 0.300. The molecule has 1 aliphatic rings. The summed E-state index contributed by atoms with van der Waals surface area (Å²) in [5.74, 6) is 0.236. The van der Waals surface area contributed by atoms with E-state index in [1.165, 1.54) is 17.0 Å². The van der Waals surface area contributed by atoms with Crippen molar-refractivity contribution in [1.29, 1.82) is 0 Å². The number of hydrogen-bond donors (Lipinski definition) is 1. The third kappa shape index (κ3) is 4.34. The molecule has 8 nitrogen and oxygen atoms in total. The monoisotopic (exact) mass is 387 g/mol. The minimum absolute atomic E-state index is 0.0307. The number of fused-ring (bicyclic) bond motifs is 1. The van der Waals surface area contributed by atoms with Crippen LogP contribution in [0.1, 0.15) is 27.6 Å². The van der Waals surface area contributed by atoms with Crippen LogP contribution in [-0.2, 0) is 4.74 Å². The summed E-state index contributed by atoms with van der Waals surface area (Å²) in [6.45, 7) is 2.32. The third-order valence-electron chi connectivity index (χ3n) is 4.05. The maximum atomic E-state index is 12.1. The van der Waals surface area contributed by atoms with Crippen LogP contribution >= 0.6 is 0 Å². The van der Waals surface area contributed by atoms with E-state index >= 15 is 0 Å². The number of rotatable bonds is 7. The van der Waals surface area contributed by atoms with Gasteiger partial charge in [-0.05, 0) is 31.2 Å². The largest absolute Gasteiger partial charge is 0.488 e. The average molecular weight is 387 g/mol. The molecule has 0 aliphatic carbocycles. The number of methoxy groups -OCH3 is 1. The standard InChI is InChI=1S/C20H21NO7/c1-12(10-25-3)27-15-6-13(20(23)24)7-16(8-15)28-14-4-5-17-18(9-14)26-11-21(2)19(17)22/h4-9,12H,10-11H2,1-3H3,(H,23,24). The van der Waals surface area contributed by atoms with Crippen molar-refractivity contribution in [2.24, 2.45) is 0 Å². The average Bonchev–Trinajstić information content (AvgIpc) is 2.65. The molecule has 8 heteroatoms. The van der Waals surface area contributed by atoms with Gasteiger partial charge in [0.05, 0.1) is 17.7 Å². The highest BCUT2D eigenvalue weighted by atomic mass is 16.5. The smallest absolute Gasteiger partial charge is 0.335 e. The molecular weight excluding hydrogens is 366 g/mol. The van der Waals surface area contributed by atoms with E-state index < -0.39 is 5.97 Å². The molecule has 0 bridgehead atoms. The van der Waals surface area contributed by atoms with Crippen molar-refractivity contribution in [2.75, 3.05) is 27.5 Å². The zero-order valence-corrected chi connectivity index (χ0v) is 15.8. The summed E-state index contributed by atoms with van der Waals surface area (Å²) in [5.41, 5.74) is 0.473. The Morgan fingerprint density at radius 3 is 2.68 bits per heavy atom. The summed E-state index contributed by atoms with van der Waals surface area (Å²) in [5, 5.41) is 9.35. The number of hydrogen-bond acceptors (Lipinski definition) is 6. The highest BCUT2D eigenvalue weighted by Crippen LogP contribution is 2.33. The van der Waals surface area contributed by atoms with E-state index in [4.69, 9.17) is 18.9 Å². The first-order chi connectivity index (χ1) is 13.4. The first-order valence-electron chi connectivity index (χ1n) is 8.61. The van der Waals surface area contributed by atoms with Crippen LogP contribution in [-0.4, -0.2) is 55.5 Å². The molecule has 1 heterocycles. The van der Waals surface area contributed by atoms with Gasteiger partial charge in [-0.15, -0.1) is 0 Å². The molecule has 0 fully saturated rings. The van der Waals surface area contributed by atoms with E-state index in [2.05, 4.69) is 0 Å². The second kappa shape index (κ2) is 8.18. The number of amides is 1. The summed E-state index contributed by atoms with van der Waals surface area (Å²) in [4.78, 5) is 25.0. The zero-order valence-electron chi connectivity index (χ0n) is 15.8. The quantitative estimate of drug-likeness (QED) is 0.780. The number of benzene rings is 2. The number of carboxylic acid groups (broad SMARTS) is 1. The molecule has 0 aromatic heterocycles. The van der Waals surface area contributed by atoms with Crippen molar-refractivity contribution in [2.45, 2.75) is 13.0 Å². The van der Waals surface area contributed by atoms with Gasteiger partial charge in [-0.2, -0.15) is 0 Å². The Hall–Kier alpha value is -3.26. The fourth-order valence-corrected chi connectivity index (χ4v) is 2.75. The Balaban J connectivity index is 1.86. The minimum Gasteiger partial charge on any atom is -0.488 e. The van der Waals surface area contributed by atoms with Gasteiger partial charge < -0.3 is 29.0 Å². The van der Waals surface area contributed by atoms with Gasteiger partial charge in [-0.25, -0.2) is 4.79 Å². The van der Waals surface area contributed by atoms with Crippen molar-refractivity contribution >= 4 is 11.9 Å². The molecule has 1 aliphatic heterocycles. The Morgan fingerprint density at radius 1 is 1.21 bits per heavy atom. The van der Waals surface area contributed by atoms with E-state index in [-0.39, 0.29) is 24.3 Å². The van der Waals surface area contributed by atoms with Gasteiger partial charge in [0.2, 0.25) is 0 Å². The molecule has 2 aromatic rings. The summed E-state index contributed by atoms with van der Waals surface area (Å²) >= 11 is 0. The van der Waals surface area contributed by atoms with Crippen LogP contribution in [0.25, 0.3) is 0 Å². The van der Waals surface area contributed by atoms with Gasteiger partial charge in [0.15, 0.2) is 6.73 Å². The van der Waals surface area contributed by atoms with Crippen molar-refractivity contribution in [1.82, 2.24) is 4.90 Å². The van der Waals surface area contributed by atoms with Crippen LogP contribution < -0.4 is 14.2 Å². The number of carbonyl (C=O) groups excluding carboxylic acids is 1. The van der Waals surface area contributed by atoms with Crippen LogP contribution in [0.5, 0.6) is 23.0 Å². The molecule has 148 valence electrons. The predicted molar refractivity (Wildman–Crippen MR) is 99.5 cm³/mol. The van der Waals surface area contributed by atoms with E-state index in [1.54, 1.807) is 38.4 Å². The molecule has 28 heavy (non-hydrogen) atoms. The first kappa shape index (κ1) is 19.5. The SMILES string of the molecule is COCC(C)Oc1cc(Oc2ccc3c(c2)OCN(C)C3=O)cc(C(=O)O)c1. The van der Waals surface area contributed by atoms with Gasteiger partial charge in [0, 0.05) is 26.3 Å². The molecule has 0 spiro atoms. The Labute approximate surface area is 162 Å². The first-order valence-corrected chi connectivity index (χ1v) is 8.61. The molecule has 0 saturated heterocycles. The van der Waals surface area contributed by atoms with Crippen LogP contribution in [0, 0.1) is 0 Å². The molecule has 0 saturated carbocycles. The molecule has 2 aromatic carbocycles. The topological polar surface area (TPSA) is 94.5 Å². The molecule has 1 atom stereocenters. The Morgan fingerprint density at radius 2 is 1.96 bits per heavy atom. The van der Waals surface area contributed by atoms with Gasteiger partial charge in [-0.3, -0.25) is 4.79 Å². The number of ether oxygens (including phenoxy) is 4. The number of carbonyl (C=O) groups is 2. The molecule has 3 rings (SSSR count).